The first-order valence-electron chi connectivity index (χ1n) is 9.71. The van der Waals surface area contributed by atoms with Gasteiger partial charge in [-0.15, -0.1) is 0 Å². The van der Waals surface area contributed by atoms with Crippen LogP contribution in [0.15, 0.2) is 23.0 Å². The summed E-state index contributed by atoms with van der Waals surface area (Å²) < 4.78 is 42.9. The number of furan rings is 1. The van der Waals surface area contributed by atoms with Crippen LogP contribution in [0, 0.1) is 5.92 Å². The number of hydrogen-bond donors (Lipinski definition) is 2. The van der Waals surface area contributed by atoms with E-state index < -0.39 is 12.1 Å². The third kappa shape index (κ3) is 5.96. The molecule has 2 saturated heterocycles. The number of carbonyl (C=O) groups is 2. The molecule has 1 amide bonds. The van der Waals surface area contributed by atoms with Gasteiger partial charge in [-0.2, -0.15) is 13.2 Å². The Balaban J connectivity index is 0.000000298. The number of carboxylic acid groups (broad SMARTS) is 1. The lowest BCUT2D eigenvalue weighted by Crippen LogP contribution is -2.45. The van der Waals surface area contributed by atoms with Crippen LogP contribution in [0.25, 0.3) is 0 Å². The van der Waals surface area contributed by atoms with Crippen molar-refractivity contribution in [2.24, 2.45) is 5.92 Å². The summed E-state index contributed by atoms with van der Waals surface area (Å²) in [6.45, 7) is 2.90. The van der Waals surface area contributed by atoms with Crippen molar-refractivity contribution in [3.05, 3.63) is 24.2 Å². The fraction of sp³-hybridized carbons (Fsp3) is 0.684. The number of fused-ring (bicyclic) bond motifs is 1. The van der Waals surface area contributed by atoms with E-state index in [-0.39, 0.29) is 18.1 Å². The van der Waals surface area contributed by atoms with E-state index in [1.165, 1.54) is 12.0 Å². The predicted octanol–water partition coefficient (Wildman–Crippen LogP) is 2.56. The van der Waals surface area contributed by atoms with Crippen molar-refractivity contribution in [1.82, 2.24) is 10.2 Å². The molecule has 2 N–H and O–H groups in total. The standard InChI is InChI=1S/C17H24N2O3.C2HF3O2/c20-17(18-14-2-1-3-14)15-8-13-4-6-19(10-16(13)22-15)9-12-5-7-21-11-12;3-2(4,5)1(6)7/h5,7,11,13-16H,1-4,6,8-10H2,(H,18,20);(H,6,7)/t13-,15-,16-;/m0./s1. The van der Waals surface area contributed by atoms with Crippen LogP contribution >= 0.6 is 0 Å². The van der Waals surface area contributed by atoms with Gasteiger partial charge >= 0.3 is 12.1 Å². The molecule has 1 aromatic rings. The lowest BCUT2D eigenvalue weighted by molar-refractivity contribution is -0.192. The van der Waals surface area contributed by atoms with Gasteiger partial charge in [-0.3, -0.25) is 9.69 Å². The van der Waals surface area contributed by atoms with Crippen molar-refractivity contribution >= 4 is 11.9 Å². The molecule has 0 aromatic carbocycles. The average Bonchev–Trinajstić information content (AvgIpc) is 3.26. The highest BCUT2D eigenvalue weighted by atomic mass is 19.4. The van der Waals surface area contributed by atoms with Gasteiger partial charge in [-0.1, -0.05) is 0 Å². The van der Waals surface area contributed by atoms with Crippen LogP contribution in [-0.2, 0) is 20.9 Å². The Morgan fingerprint density at radius 3 is 2.55 bits per heavy atom. The van der Waals surface area contributed by atoms with E-state index in [2.05, 4.69) is 10.2 Å². The van der Waals surface area contributed by atoms with Crippen LogP contribution in [0.3, 0.4) is 0 Å². The summed E-state index contributed by atoms with van der Waals surface area (Å²) in [5.74, 6) is -2.11. The number of carbonyl (C=O) groups excluding carboxylic acids is 1. The quantitative estimate of drug-likeness (QED) is 0.781. The molecule has 2 aliphatic heterocycles. The Kier molecular flexibility index (Phi) is 6.84. The molecule has 0 unspecified atom stereocenters. The van der Waals surface area contributed by atoms with E-state index >= 15 is 0 Å². The largest absolute Gasteiger partial charge is 0.490 e. The number of nitrogens with zero attached hydrogens (tertiary/aromatic N) is 1. The van der Waals surface area contributed by atoms with Crippen molar-refractivity contribution in [3.63, 3.8) is 0 Å². The molecule has 3 heterocycles. The number of rotatable bonds is 4. The Hall–Kier alpha value is -2.07. The van der Waals surface area contributed by atoms with Crippen molar-refractivity contribution in [2.75, 3.05) is 13.1 Å². The Morgan fingerprint density at radius 2 is 2.00 bits per heavy atom. The number of carboxylic acids is 1. The molecule has 0 spiro atoms. The second kappa shape index (κ2) is 9.17. The zero-order valence-corrected chi connectivity index (χ0v) is 15.9. The third-order valence-electron chi connectivity index (χ3n) is 5.61. The van der Waals surface area contributed by atoms with Crippen LogP contribution in [0.5, 0.6) is 0 Å². The topological polar surface area (TPSA) is 92.0 Å². The molecule has 10 heteroatoms. The number of alkyl halides is 3. The van der Waals surface area contributed by atoms with Gasteiger partial charge in [0.05, 0.1) is 18.6 Å². The molecule has 3 aliphatic rings. The number of likely N-dealkylation sites (tertiary alicyclic amines) is 1. The van der Waals surface area contributed by atoms with E-state index in [0.29, 0.717) is 12.0 Å². The van der Waals surface area contributed by atoms with Crippen molar-refractivity contribution in [2.45, 2.75) is 63.1 Å². The average molecular weight is 418 g/mol. The summed E-state index contributed by atoms with van der Waals surface area (Å²) in [5.41, 5.74) is 1.20. The van der Waals surface area contributed by atoms with E-state index in [1.54, 1.807) is 12.5 Å². The van der Waals surface area contributed by atoms with Crippen LogP contribution in [0.2, 0.25) is 0 Å². The molecule has 3 fully saturated rings. The van der Waals surface area contributed by atoms with Gasteiger partial charge in [0.25, 0.3) is 0 Å². The number of nitrogens with one attached hydrogen (secondary N) is 1. The summed E-state index contributed by atoms with van der Waals surface area (Å²) in [5, 5.41) is 10.3. The van der Waals surface area contributed by atoms with Gasteiger partial charge in [-0.25, -0.2) is 4.79 Å². The second-order valence-corrected chi connectivity index (χ2v) is 7.75. The molecule has 0 radical (unpaired) electrons. The number of piperidine rings is 1. The van der Waals surface area contributed by atoms with Crippen molar-refractivity contribution < 1.29 is 37.0 Å². The van der Waals surface area contributed by atoms with E-state index in [4.69, 9.17) is 19.1 Å². The number of aliphatic carboxylic acids is 1. The minimum atomic E-state index is -5.08. The molecule has 4 rings (SSSR count). The lowest BCUT2D eigenvalue weighted by atomic mass is 9.90. The molecular weight excluding hydrogens is 393 g/mol. The SMILES string of the molecule is O=C(NC1CCC1)[C@@H]1C[C@@H]2CCN(Cc3ccoc3)C[C@@H]2O1.O=C(O)C(F)(F)F. The van der Waals surface area contributed by atoms with Gasteiger partial charge in [-0.05, 0) is 50.6 Å². The number of amides is 1. The van der Waals surface area contributed by atoms with Gasteiger partial charge in [0, 0.05) is 24.7 Å². The normalized spacial score (nSPS) is 27.3. The molecule has 3 atom stereocenters. The summed E-state index contributed by atoms with van der Waals surface area (Å²) in [7, 11) is 0. The van der Waals surface area contributed by atoms with Crippen LogP contribution in [0.4, 0.5) is 13.2 Å². The highest BCUT2D eigenvalue weighted by molar-refractivity contribution is 5.81. The molecule has 0 bridgehead atoms. The van der Waals surface area contributed by atoms with Crippen LogP contribution in [-0.4, -0.2) is 59.4 Å². The first kappa shape index (κ1) is 21.6. The predicted molar refractivity (Wildman–Crippen MR) is 94.8 cm³/mol. The highest BCUT2D eigenvalue weighted by Crippen LogP contribution is 2.34. The van der Waals surface area contributed by atoms with E-state index in [1.807, 2.05) is 6.07 Å². The van der Waals surface area contributed by atoms with Crippen LogP contribution in [0.1, 0.15) is 37.7 Å². The zero-order chi connectivity index (χ0) is 21.0. The van der Waals surface area contributed by atoms with Crippen molar-refractivity contribution in [1.29, 1.82) is 0 Å². The van der Waals surface area contributed by atoms with Crippen LogP contribution < -0.4 is 5.32 Å². The Bertz CT molecular complexity index is 691. The smallest absolute Gasteiger partial charge is 0.475 e. The summed E-state index contributed by atoms with van der Waals surface area (Å²) >= 11 is 0. The van der Waals surface area contributed by atoms with Crippen molar-refractivity contribution in [3.8, 4) is 0 Å². The Morgan fingerprint density at radius 1 is 1.28 bits per heavy atom. The molecule has 162 valence electrons. The zero-order valence-electron chi connectivity index (χ0n) is 15.9. The molecule has 29 heavy (non-hydrogen) atoms. The second-order valence-electron chi connectivity index (χ2n) is 7.75. The lowest BCUT2D eigenvalue weighted by Gasteiger charge is -2.33. The van der Waals surface area contributed by atoms with E-state index in [0.717, 1.165) is 45.3 Å². The number of ether oxygens (including phenoxy) is 1. The number of hydrogen-bond acceptors (Lipinski definition) is 5. The maximum Gasteiger partial charge on any atom is 0.490 e. The first-order chi connectivity index (χ1) is 13.7. The molecule has 1 saturated carbocycles. The van der Waals surface area contributed by atoms with Gasteiger partial charge in [0.1, 0.15) is 6.10 Å². The number of halogens is 3. The summed E-state index contributed by atoms with van der Waals surface area (Å²) in [6.07, 6.45) is 3.92. The first-order valence-corrected chi connectivity index (χ1v) is 9.71. The molecule has 1 aromatic heterocycles. The van der Waals surface area contributed by atoms with Gasteiger partial charge in [0.2, 0.25) is 5.91 Å². The maximum atomic E-state index is 12.3. The highest BCUT2D eigenvalue weighted by Gasteiger charge is 2.42. The van der Waals surface area contributed by atoms with Gasteiger partial charge < -0.3 is 19.6 Å². The Labute approximate surface area is 166 Å². The minimum absolute atomic E-state index is 0.112. The van der Waals surface area contributed by atoms with E-state index in [9.17, 15) is 18.0 Å². The third-order valence-corrected chi connectivity index (χ3v) is 5.61. The summed E-state index contributed by atoms with van der Waals surface area (Å²) in [6, 6.07) is 2.41. The molecular formula is C19H25F3N2O5. The molecule has 1 aliphatic carbocycles. The molecule has 7 nitrogen and oxygen atoms in total. The minimum Gasteiger partial charge on any atom is -0.475 e. The fourth-order valence-electron chi connectivity index (χ4n) is 3.79. The fourth-order valence-corrected chi connectivity index (χ4v) is 3.79. The maximum absolute atomic E-state index is 12.3. The monoisotopic (exact) mass is 418 g/mol. The summed E-state index contributed by atoms with van der Waals surface area (Å²) in [4.78, 5) is 23.6. The van der Waals surface area contributed by atoms with Gasteiger partial charge in [0.15, 0.2) is 0 Å².